The maximum Gasteiger partial charge on any atom is 0.290 e. The van der Waals surface area contributed by atoms with Crippen LogP contribution < -0.4 is 10.1 Å². The summed E-state index contributed by atoms with van der Waals surface area (Å²) in [5.41, 5.74) is 1.49. The molecule has 0 spiro atoms. The van der Waals surface area contributed by atoms with Gasteiger partial charge in [-0.05, 0) is 49.0 Å². The van der Waals surface area contributed by atoms with Gasteiger partial charge in [-0.1, -0.05) is 18.2 Å². The zero-order chi connectivity index (χ0) is 21.1. The van der Waals surface area contributed by atoms with Gasteiger partial charge in [-0.15, -0.1) is 12.4 Å². The first-order chi connectivity index (χ1) is 14.5. The predicted octanol–water partition coefficient (Wildman–Crippen LogP) is 4.05. The zero-order valence-electron chi connectivity index (χ0n) is 16.2. The molecule has 2 aromatic heterocycles. The molecule has 0 bridgehead atoms. The molecular weight excluding hydrogens is 442 g/mol. The number of carbonyl (C=O) groups is 3. The lowest BCUT2D eigenvalue weighted by atomic mass is 10.2. The van der Waals surface area contributed by atoms with Gasteiger partial charge in [0.05, 0.1) is 16.8 Å². The molecule has 1 N–H and O–H groups in total. The van der Waals surface area contributed by atoms with E-state index in [1.165, 1.54) is 12.3 Å². The Morgan fingerprint density at radius 2 is 1.97 bits per heavy atom. The van der Waals surface area contributed by atoms with E-state index in [1.54, 1.807) is 19.1 Å². The number of thioether (sulfide) groups is 1. The number of nitrogens with one attached hydrogen (secondary N) is 1. The van der Waals surface area contributed by atoms with Crippen LogP contribution in [0.3, 0.4) is 0 Å². The summed E-state index contributed by atoms with van der Waals surface area (Å²) in [6, 6.07) is 12.6. The van der Waals surface area contributed by atoms with Gasteiger partial charge in [-0.25, -0.2) is 4.98 Å². The lowest BCUT2D eigenvalue weighted by Crippen LogP contribution is -2.17. The third-order valence-electron chi connectivity index (χ3n) is 4.13. The van der Waals surface area contributed by atoms with E-state index in [0.29, 0.717) is 23.1 Å². The van der Waals surface area contributed by atoms with Crippen molar-refractivity contribution in [3.05, 3.63) is 70.7 Å². The fourth-order valence-corrected chi connectivity index (χ4v) is 3.36. The number of imide groups is 1. The molecule has 1 fully saturated rings. The van der Waals surface area contributed by atoms with Crippen LogP contribution in [0.4, 0.5) is 4.79 Å². The highest BCUT2D eigenvalue weighted by atomic mass is 35.5. The van der Waals surface area contributed by atoms with Gasteiger partial charge < -0.3 is 9.15 Å². The number of benzene rings is 1. The smallest absolute Gasteiger partial charge is 0.290 e. The van der Waals surface area contributed by atoms with Crippen molar-refractivity contribution in [2.75, 3.05) is 6.61 Å². The summed E-state index contributed by atoms with van der Waals surface area (Å²) in [6.45, 7) is 1.45. The fourth-order valence-electron chi connectivity index (χ4n) is 2.69. The minimum atomic E-state index is -0.449. The Kier molecular flexibility index (Phi) is 6.88. The molecule has 0 atom stereocenters. The average Bonchev–Trinajstić information content (AvgIpc) is 3.29. The van der Waals surface area contributed by atoms with Gasteiger partial charge in [0.15, 0.2) is 12.3 Å². The number of aromatic nitrogens is 2. The molecule has 1 aliphatic rings. The van der Waals surface area contributed by atoms with Crippen LogP contribution in [-0.2, 0) is 4.79 Å². The molecule has 31 heavy (non-hydrogen) atoms. The molecule has 10 heteroatoms. The number of nitrogens with zero attached hydrogens (tertiary/aromatic N) is 2. The molecular formula is C21H16ClN3O5S. The van der Waals surface area contributed by atoms with E-state index in [1.807, 2.05) is 30.3 Å². The predicted molar refractivity (Wildman–Crippen MR) is 117 cm³/mol. The molecule has 1 saturated heterocycles. The third-order valence-corrected chi connectivity index (χ3v) is 4.94. The Balaban J connectivity index is 0.00000272. The van der Waals surface area contributed by atoms with E-state index in [9.17, 15) is 14.4 Å². The number of aryl methyl sites for hydroxylation is 1. The van der Waals surface area contributed by atoms with Gasteiger partial charge in [-0.2, -0.15) is 0 Å². The van der Waals surface area contributed by atoms with Crippen molar-refractivity contribution in [3.8, 4) is 17.2 Å². The second-order valence-corrected chi connectivity index (χ2v) is 7.29. The second-order valence-electron chi connectivity index (χ2n) is 6.27. The molecule has 0 saturated carbocycles. The SMILES string of the molecule is Cc1oc(-c2ccccc2)nc1C(=O)COc1ccc(C=C2SC(=O)NC2=O)nc1.Cl. The van der Waals surface area contributed by atoms with Gasteiger partial charge in [0.25, 0.3) is 11.1 Å². The number of ether oxygens (including phenoxy) is 1. The zero-order valence-corrected chi connectivity index (χ0v) is 17.8. The van der Waals surface area contributed by atoms with E-state index >= 15 is 0 Å². The molecule has 1 aromatic carbocycles. The summed E-state index contributed by atoms with van der Waals surface area (Å²) < 4.78 is 11.1. The molecule has 2 amide bonds. The number of Topliss-reactive ketones (excluding diaryl/α,β-unsaturated/α-hetero) is 1. The van der Waals surface area contributed by atoms with Crippen molar-refractivity contribution in [3.63, 3.8) is 0 Å². The Morgan fingerprint density at radius 3 is 2.61 bits per heavy atom. The van der Waals surface area contributed by atoms with E-state index in [0.717, 1.165) is 17.3 Å². The number of hydrogen-bond donors (Lipinski definition) is 1. The minimum Gasteiger partial charge on any atom is -0.484 e. The highest BCUT2D eigenvalue weighted by molar-refractivity contribution is 8.18. The van der Waals surface area contributed by atoms with Gasteiger partial charge in [-0.3, -0.25) is 24.7 Å². The summed E-state index contributed by atoms with van der Waals surface area (Å²) in [5.74, 6) is 0.416. The molecule has 3 heterocycles. The van der Waals surface area contributed by atoms with Crippen LogP contribution in [0.15, 0.2) is 58.0 Å². The molecule has 0 aliphatic carbocycles. The quantitative estimate of drug-likeness (QED) is 0.435. The maximum atomic E-state index is 12.5. The summed E-state index contributed by atoms with van der Waals surface area (Å²) in [7, 11) is 0. The number of halogens is 1. The standard InChI is InChI=1S/C21H15N3O5S.ClH/c1-12-18(23-20(29-12)13-5-3-2-4-6-13)16(25)11-28-15-8-7-14(22-10-15)9-17-19(26)24-21(27)30-17;/h2-10H,11H2,1H3,(H,24,26,27);1H. The average molecular weight is 458 g/mol. The third kappa shape index (κ3) is 5.19. The number of oxazole rings is 1. The second kappa shape index (κ2) is 9.59. The number of ketones is 1. The normalized spacial score (nSPS) is 14.3. The van der Waals surface area contributed by atoms with Crippen molar-refractivity contribution in [1.29, 1.82) is 0 Å². The van der Waals surface area contributed by atoms with Gasteiger partial charge >= 0.3 is 0 Å². The first-order valence-electron chi connectivity index (χ1n) is 8.89. The minimum absolute atomic E-state index is 0. The Labute approximate surface area is 187 Å². The van der Waals surface area contributed by atoms with Crippen molar-refractivity contribution in [1.82, 2.24) is 15.3 Å². The van der Waals surface area contributed by atoms with E-state index < -0.39 is 11.1 Å². The topological polar surface area (TPSA) is 111 Å². The highest BCUT2D eigenvalue weighted by Gasteiger charge is 2.25. The number of hydrogen-bond acceptors (Lipinski definition) is 8. The Hall–Kier alpha value is -3.43. The summed E-state index contributed by atoms with van der Waals surface area (Å²) >= 11 is 0.816. The van der Waals surface area contributed by atoms with E-state index in [4.69, 9.17) is 9.15 Å². The first kappa shape index (κ1) is 22.3. The van der Waals surface area contributed by atoms with Crippen LogP contribution in [0.25, 0.3) is 17.5 Å². The van der Waals surface area contributed by atoms with Crippen LogP contribution in [0, 0.1) is 6.92 Å². The van der Waals surface area contributed by atoms with Crippen molar-refractivity contribution in [2.24, 2.45) is 0 Å². The van der Waals surface area contributed by atoms with Crippen LogP contribution in [0.2, 0.25) is 0 Å². The summed E-state index contributed by atoms with van der Waals surface area (Å²) in [5, 5.41) is 1.76. The molecule has 8 nitrogen and oxygen atoms in total. The van der Waals surface area contributed by atoms with Crippen molar-refractivity contribution in [2.45, 2.75) is 6.92 Å². The maximum absolute atomic E-state index is 12.5. The Bertz CT molecular complexity index is 1160. The lowest BCUT2D eigenvalue weighted by Gasteiger charge is -2.04. The molecule has 0 unspecified atom stereocenters. The van der Waals surface area contributed by atoms with Crippen LogP contribution >= 0.6 is 24.2 Å². The van der Waals surface area contributed by atoms with Gasteiger partial charge in [0.1, 0.15) is 11.5 Å². The number of carbonyl (C=O) groups excluding carboxylic acids is 3. The first-order valence-corrected chi connectivity index (χ1v) is 9.71. The number of rotatable bonds is 6. The molecule has 3 aromatic rings. The lowest BCUT2D eigenvalue weighted by molar-refractivity contribution is -0.115. The van der Waals surface area contributed by atoms with Gasteiger partial charge in [0, 0.05) is 5.56 Å². The number of pyridine rings is 1. The summed E-state index contributed by atoms with van der Waals surface area (Å²) in [6.07, 6.45) is 2.94. The van der Waals surface area contributed by atoms with E-state index in [2.05, 4.69) is 15.3 Å². The van der Waals surface area contributed by atoms with Gasteiger partial charge in [0.2, 0.25) is 11.7 Å². The van der Waals surface area contributed by atoms with Crippen LogP contribution in [0.5, 0.6) is 5.75 Å². The monoisotopic (exact) mass is 457 g/mol. The fraction of sp³-hybridized carbons (Fsp3) is 0.0952. The van der Waals surface area contributed by atoms with Crippen molar-refractivity contribution < 1.29 is 23.5 Å². The highest BCUT2D eigenvalue weighted by Crippen LogP contribution is 2.25. The molecule has 4 rings (SSSR count). The van der Waals surface area contributed by atoms with Crippen LogP contribution in [0.1, 0.15) is 21.9 Å². The molecule has 158 valence electrons. The van der Waals surface area contributed by atoms with Crippen molar-refractivity contribution >= 4 is 47.2 Å². The van der Waals surface area contributed by atoms with E-state index in [-0.39, 0.29) is 35.4 Å². The largest absolute Gasteiger partial charge is 0.484 e. The summed E-state index contributed by atoms with van der Waals surface area (Å²) in [4.78, 5) is 44.0. The molecule has 1 aliphatic heterocycles. The van der Waals surface area contributed by atoms with Crippen LogP contribution in [-0.4, -0.2) is 33.5 Å². The Morgan fingerprint density at radius 1 is 1.19 bits per heavy atom. The molecule has 0 radical (unpaired) electrons. The number of amides is 2.